The summed E-state index contributed by atoms with van der Waals surface area (Å²) >= 11 is 0. The lowest BCUT2D eigenvalue weighted by molar-refractivity contribution is 0.432. The van der Waals surface area contributed by atoms with Gasteiger partial charge in [-0.15, -0.1) is 0 Å². The van der Waals surface area contributed by atoms with E-state index in [0.717, 1.165) is 16.9 Å². The zero-order valence-electron chi connectivity index (χ0n) is 9.02. The van der Waals surface area contributed by atoms with Crippen LogP contribution in [0.4, 0.5) is 0 Å². The molecule has 0 saturated heterocycles. The van der Waals surface area contributed by atoms with Gasteiger partial charge < -0.3 is 4.52 Å². The first-order valence-corrected chi connectivity index (χ1v) is 5.08. The van der Waals surface area contributed by atoms with Gasteiger partial charge in [0.05, 0.1) is 6.20 Å². The number of rotatable bonds is 4. The smallest absolute Gasteiger partial charge is 0.166 e. The highest BCUT2D eigenvalue weighted by molar-refractivity contribution is 5.60. The first-order chi connectivity index (χ1) is 8.40. The Balaban J connectivity index is 2.08. The van der Waals surface area contributed by atoms with E-state index in [1.54, 1.807) is 6.20 Å². The van der Waals surface area contributed by atoms with Gasteiger partial charge in [-0.1, -0.05) is 46.7 Å². The van der Waals surface area contributed by atoms with Crippen LogP contribution >= 0.6 is 0 Å². The molecule has 0 atom stereocenters. The summed E-state index contributed by atoms with van der Waals surface area (Å²) in [4.78, 5) is 2.67. The number of hydrogen-bond donors (Lipinski definition) is 0. The van der Waals surface area contributed by atoms with Crippen molar-refractivity contribution >= 4 is 6.08 Å². The van der Waals surface area contributed by atoms with Crippen molar-refractivity contribution in [3.8, 4) is 11.3 Å². The minimum atomic E-state index is 0.361. The fourth-order valence-corrected chi connectivity index (χ4v) is 1.40. The number of benzene rings is 1. The predicted octanol–water partition coefficient (Wildman–Crippen LogP) is 3.67. The Labute approximate surface area is 98.0 Å². The Bertz CT molecular complexity index is 536. The monoisotopic (exact) mass is 226 g/mol. The average Bonchev–Trinajstić information content (AvgIpc) is 2.89. The minimum Gasteiger partial charge on any atom is -0.356 e. The van der Waals surface area contributed by atoms with E-state index in [0.29, 0.717) is 6.54 Å². The topological polar surface area (TPSA) is 74.8 Å². The van der Waals surface area contributed by atoms with Crippen LogP contribution in [0, 0.1) is 0 Å². The van der Waals surface area contributed by atoms with Gasteiger partial charge in [-0.2, -0.15) is 0 Å². The van der Waals surface area contributed by atoms with Gasteiger partial charge in [0, 0.05) is 23.1 Å². The molecule has 0 aliphatic carbocycles. The summed E-state index contributed by atoms with van der Waals surface area (Å²) < 4.78 is 5.05. The third-order valence-electron chi connectivity index (χ3n) is 2.19. The molecule has 5 heteroatoms. The van der Waals surface area contributed by atoms with Crippen molar-refractivity contribution in [1.29, 1.82) is 0 Å². The molecule has 1 aromatic carbocycles. The van der Waals surface area contributed by atoms with E-state index in [1.807, 2.05) is 42.5 Å². The Hall–Kier alpha value is -2.52. The zero-order valence-corrected chi connectivity index (χ0v) is 9.02. The molecule has 0 amide bonds. The minimum absolute atomic E-state index is 0.361. The second kappa shape index (κ2) is 5.53. The lowest BCUT2D eigenvalue weighted by Crippen LogP contribution is -1.76. The normalized spacial score (nSPS) is 10.4. The zero-order chi connectivity index (χ0) is 11.9. The van der Waals surface area contributed by atoms with Gasteiger partial charge in [0.1, 0.15) is 0 Å². The summed E-state index contributed by atoms with van der Waals surface area (Å²) in [6.07, 6.45) is 5.32. The van der Waals surface area contributed by atoms with Crippen molar-refractivity contribution in [3.05, 3.63) is 58.6 Å². The predicted molar refractivity (Wildman–Crippen MR) is 65.0 cm³/mol. The second-order valence-electron chi connectivity index (χ2n) is 3.31. The third-order valence-corrected chi connectivity index (χ3v) is 2.19. The molecule has 1 aromatic heterocycles. The van der Waals surface area contributed by atoms with Crippen molar-refractivity contribution < 1.29 is 4.52 Å². The second-order valence-corrected chi connectivity index (χ2v) is 3.31. The lowest BCUT2D eigenvalue weighted by atomic mass is 10.1. The SMILES string of the molecule is [N-]=[N+]=NCC=Cc1ccc(-c2ccno2)cc1. The average molecular weight is 226 g/mol. The van der Waals surface area contributed by atoms with E-state index in [9.17, 15) is 0 Å². The molecule has 0 saturated carbocycles. The third kappa shape index (κ3) is 2.96. The van der Waals surface area contributed by atoms with Crippen LogP contribution in [0.1, 0.15) is 5.56 Å². The number of hydrogen-bond acceptors (Lipinski definition) is 3. The van der Waals surface area contributed by atoms with Gasteiger partial charge in [-0.3, -0.25) is 0 Å². The van der Waals surface area contributed by atoms with E-state index in [-0.39, 0.29) is 0 Å². The maximum absolute atomic E-state index is 8.11. The van der Waals surface area contributed by atoms with E-state index in [4.69, 9.17) is 10.1 Å². The molecule has 0 unspecified atom stereocenters. The summed E-state index contributed by atoms with van der Waals surface area (Å²) in [5, 5.41) is 7.07. The van der Waals surface area contributed by atoms with Crippen LogP contribution in [0.15, 0.2) is 52.2 Å². The maximum Gasteiger partial charge on any atom is 0.166 e. The van der Waals surface area contributed by atoms with Crippen LogP contribution in [0.3, 0.4) is 0 Å². The largest absolute Gasteiger partial charge is 0.356 e. The van der Waals surface area contributed by atoms with Crippen LogP contribution in [0.25, 0.3) is 27.8 Å². The molecular formula is C12H10N4O. The maximum atomic E-state index is 8.11. The fraction of sp³-hybridized carbons (Fsp3) is 0.0833. The van der Waals surface area contributed by atoms with E-state index < -0.39 is 0 Å². The molecule has 0 N–H and O–H groups in total. The van der Waals surface area contributed by atoms with Crippen molar-refractivity contribution in [3.63, 3.8) is 0 Å². The molecule has 17 heavy (non-hydrogen) atoms. The molecule has 0 fully saturated rings. The first-order valence-electron chi connectivity index (χ1n) is 5.08. The van der Waals surface area contributed by atoms with Crippen LogP contribution in [0.2, 0.25) is 0 Å². The molecule has 2 aromatic rings. The number of aromatic nitrogens is 1. The Morgan fingerprint density at radius 3 is 2.76 bits per heavy atom. The summed E-state index contributed by atoms with van der Waals surface area (Å²) in [6.45, 7) is 0.361. The molecule has 0 bridgehead atoms. The molecule has 0 aliphatic heterocycles. The van der Waals surface area contributed by atoms with Gasteiger partial charge in [0.15, 0.2) is 5.76 Å². The fourth-order valence-electron chi connectivity index (χ4n) is 1.40. The van der Waals surface area contributed by atoms with E-state index in [2.05, 4.69) is 15.2 Å². The lowest BCUT2D eigenvalue weighted by Gasteiger charge is -1.96. The molecule has 2 rings (SSSR count). The number of azide groups is 1. The molecule has 5 nitrogen and oxygen atoms in total. The standard InChI is InChI=1S/C12H10N4O/c13-16-14-8-1-2-10-3-5-11(6-4-10)12-7-9-15-17-12/h1-7,9H,8H2. The highest BCUT2D eigenvalue weighted by Crippen LogP contribution is 2.19. The van der Waals surface area contributed by atoms with E-state index >= 15 is 0 Å². The summed E-state index contributed by atoms with van der Waals surface area (Å²) in [7, 11) is 0. The summed E-state index contributed by atoms with van der Waals surface area (Å²) in [6, 6.07) is 9.64. The van der Waals surface area contributed by atoms with Crippen LogP contribution in [-0.4, -0.2) is 11.7 Å². The number of nitrogens with zero attached hydrogens (tertiary/aromatic N) is 4. The van der Waals surface area contributed by atoms with Gasteiger partial charge in [-0.05, 0) is 11.1 Å². The first kappa shape index (κ1) is 11.0. The van der Waals surface area contributed by atoms with Crippen molar-refractivity contribution in [2.75, 3.05) is 6.54 Å². The summed E-state index contributed by atoms with van der Waals surface area (Å²) in [5.74, 6) is 0.745. The molecule has 0 spiro atoms. The van der Waals surface area contributed by atoms with Crippen LogP contribution in [0.5, 0.6) is 0 Å². The quantitative estimate of drug-likeness (QED) is 0.453. The van der Waals surface area contributed by atoms with Crippen LogP contribution in [-0.2, 0) is 0 Å². The Morgan fingerprint density at radius 1 is 1.29 bits per heavy atom. The summed E-state index contributed by atoms with van der Waals surface area (Å²) in [5.41, 5.74) is 10.1. The van der Waals surface area contributed by atoms with Gasteiger partial charge in [0.2, 0.25) is 0 Å². The van der Waals surface area contributed by atoms with Gasteiger partial charge in [0.25, 0.3) is 0 Å². The van der Waals surface area contributed by atoms with Crippen molar-refractivity contribution in [1.82, 2.24) is 5.16 Å². The highest BCUT2D eigenvalue weighted by atomic mass is 16.5. The van der Waals surface area contributed by atoms with E-state index in [1.165, 1.54) is 0 Å². The van der Waals surface area contributed by atoms with Gasteiger partial charge >= 0.3 is 0 Å². The van der Waals surface area contributed by atoms with Crippen LogP contribution < -0.4 is 0 Å². The van der Waals surface area contributed by atoms with Gasteiger partial charge in [-0.25, -0.2) is 0 Å². The Kier molecular flexibility index (Phi) is 3.57. The van der Waals surface area contributed by atoms with Crippen molar-refractivity contribution in [2.24, 2.45) is 5.11 Å². The van der Waals surface area contributed by atoms with Crippen molar-refractivity contribution in [2.45, 2.75) is 0 Å². The molecule has 0 aliphatic rings. The highest BCUT2D eigenvalue weighted by Gasteiger charge is 1.99. The molecular weight excluding hydrogens is 216 g/mol. The molecule has 0 radical (unpaired) electrons. The molecule has 1 heterocycles. The Morgan fingerprint density at radius 2 is 2.12 bits per heavy atom. The molecule has 84 valence electrons.